The molecule has 1 aliphatic rings. The molecule has 1 aliphatic heterocycles. The molecule has 0 unspecified atom stereocenters. The van der Waals surface area contributed by atoms with E-state index in [0.29, 0.717) is 12.1 Å². The van der Waals surface area contributed by atoms with Crippen molar-refractivity contribution in [3.05, 3.63) is 0 Å². The van der Waals surface area contributed by atoms with E-state index in [9.17, 15) is 0 Å². The molecule has 0 aliphatic carbocycles. The molecule has 0 aromatic carbocycles. The van der Waals surface area contributed by atoms with Crippen molar-refractivity contribution < 1.29 is 13.1 Å². The summed E-state index contributed by atoms with van der Waals surface area (Å²) in [6.45, 7) is 12.8. The van der Waals surface area contributed by atoms with Gasteiger partial charge < -0.3 is 26.6 Å². The first-order valence-electron chi connectivity index (χ1n) is 7.18. The van der Waals surface area contributed by atoms with Crippen LogP contribution >= 0.6 is 20.2 Å². The van der Waals surface area contributed by atoms with Gasteiger partial charge in [-0.2, -0.15) is 0 Å². The molecule has 5 nitrogen and oxygen atoms in total. The Morgan fingerprint density at radius 2 is 0.900 bits per heavy atom. The third-order valence-corrected chi connectivity index (χ3v) is 3.24. The van der Waals surface area contributed by atoms with Gasteiger partial charge in [0, 0.05) is 64.4 Å². The Morgan fingerprint density at radius 3 is 1.20 bits per heavy atom. The average Bonchev–Trinajstić information content (AvgIpc) is 2.44. The van der Waals surface area contributed by atoms with Gasteiger partial charge in [0.05, 0.1) is 0 Å². The van der Waals surface area contributed by atoms with E-state index in [1.165, 1.54) is 0 Å². The molecule has 1 fully saturated rings. The van der Waals surface area contributed by atoms with Crippen LogP contribution in [0, 0.1) is 0 Å². The van der Waals surface area contributed by atoms with Crippen LogP contribution in [0.3, 0.4) is 0 Å². The average molecular weight is 369 g/mol. The summed E-state index contributed by atoms with van der Waals surface area (Å²) in [5, 5.41) is 17.3. The second-order valence-electron chi connectivity index (χ2n) is 4.79. The van der Waals surface area contributed by atoms with Crippen LogP contribution in [-0.2, 0) is 13.1 Å². The summed E-state index contributed by atoms with van der Waals surface area (Å²) in [7, 11) is 9.59. The summed E-state index contributed by atoms with van der Waals surface area (Å²) in [6.07, 6.45) is 0. The Morgan fingerprint density at radius 1 is 0.650 bits per heavy atom. The third kappa shape index (κ3) is 13.9. The third-order valence-electron chi connectivity index (χ3n) is 3.24. The van der Waals surface area contributed by atoms with E-state index in [4.69, 9.17) is 20.2 Å². The van der Waals surface area contributed by atoms with Crippen molar-refractivity contribution in [2.45, 2.75) is 25.9 Å². The SMILES string of the molecule is C[C@@H]1NCCNCCNCCNCCN[C@H]1C.[Cl][Mn][Cl]. The van der Waals surface area contributed by atoms with Gasteiger partial charge >= 0.3 is 33.3 Å². The summed E-state index contributed by atoms with van der Waals surface area (Å²) in [5.74, 6) is 0. The van der Waals surface area contributed by atoms with E-state index < -0.39 is 0 Å². The van der Waals surface area contributed by atoms with Crippen molar-refractivity contribution in [3.8, 4) is 0 Å². The zero-order valence-electron chi connectivity index (χ0n) is 12.4. The van der Waals surface area contributed by atoms with Crippen LogP contribution in [0.4, 0.5) is 0 Å². The standard InChI is InChI=1S/C12H29N5.2ClH.Mn/c1-11-12(2)17-10-8-15-6-4-13-3-5-14-7-9-16-11;;;/h11-17H,3-10H2,1-2H3;2*1H;/q;;;+2/p-2/t11-,12-;;;/m0.../s1. The van der Waals surface area contributed by atoms with Gasteiger partial charge in [-0.05, 0) is 13.8 Å². The molecular formula is C12H29Cl2MnN5. The molecule has 0 bridgehead atoms. The Kier molecular flexibility index (Phi) is 17.0. The molecule has 0 saturated carbocycles. The summed E-state index contributed by atoms with van der Waals surface area (Å²) >= 11 is 0.00694. The Labute approximate surface area is 138 Å². The molecular weight excluding hydrogens is 340 g/mol. The maximum atomic E-state index is 4.80. The van der Waals surface area contributed by atoms with E-state index in [0.717, 1.165) is 52.4 Å². The Hall–Kier alpha value is 0.899. The molecule has 1 heterocycles. The first-order valence-corrected chi connectivity index (χ1v) is 10.4. The molecule has 0 aromatic rings. The van der Waals surface area contributed by atoms with Crippen molar-refractivity contribution in [1.82, 2.24) is 26.6 Å². The molecule has 1 saturated heterocycles. The summed E-state index contributed by atoms with van der Waals surface area (Å²) in [6, 6.07) is 1.03. The van der Waals surface area contributed by atoms with Crippen LogP contribution in [-0.4, -0.2) is 64.4 Å². The van der Waals surface area contributed by atoms with Gasteiger partial charge in [-0.25, -0.2) is 0 Å². The molecule has 8 heteroatoms. The molecule has 0 radical (unpaired) electrons. The van der Waals surface area contributed by atoms with Gasteiger partial charge in [0.15, 0.2) is 0 Å². The minimum atomic E-state index is 0.00694. The van der Waals surface area contributed by atoms with Crippen LogP contribution in [0.2, 0.25) is 0 Å². The van der Waals surface area contributed by atoms with Gasteiger partial charge in [0.2, 0.25) is 0 Å². The maximum absolute atomic E-state index is 4.80. The minimum absolute atomic E-state index is 0.00694. The fourth-order valence-electron chi connectivity index (χ4n) is 1.86. The fourth-order valence-corrected chi connectivity index (χ4v) is 1.86. The van der Waals surface area contributed by atoms with Crippen LogP contribution in [0.15, 0.2) is 0 Å². The van der Waals surface area contributed by atoms with E-state index in [1.807, 2.05) is 0 Å². The molecule has 1 rings (SSSR count). The summed E-state index contributed by atoms with van der Waals surface area (Å²) in [4.78, 5) is 0. The van der Waals surface area contributed by atoms with Crippen LogP contribution in [0.5, 0.6) is 0 Å². The number of hydrogen-bond acceptors (Lipinski definition) is 5. The fraction of sp³-hybridized carbons (Fsp3) is 1.00. The van der Waals surface area contributed by atoms with Crippen molar-refractivity contribution >= 4 is 20.2 Å². The molecule has 0 aromatic heterocycles. The zero-order valence-corrected chi connectivity index (χ0v) is 15.1. The van der Waals surface area contributed by atoms with Crippen molar-refractivity contribution in [1.29, 1.82) is 0 Å². The topological polar surface area (TPSA) is 60.1 Å². The number of nitrogens with one attached hydrogen (secondary N) is 5. The zero-order chi connectivity index (χ0) is 15.1. The monoisotopic (exact) mass is 368 g/mol. The molecule has 2 atom stereocenters. The number of hydrogen-bond donors (Lipinski definition) is 5. The van der Waals surface area contributed by atoms with Crippen LogP contribution in [0.1, 0.15) is 13.8 Å². The van der Waals surface area contributed by atoms with Gasteiger partial charge in [-0.1, -0.05) is 0 Å². The molecule has 123 valence electrons. The first-order chi connectivity index (χ1) is 9.72. The molecule has 20 heavy (non-hydrogen) atoms. The quantitative estimate of drug-likeness (QED) is 0.392. The van der Waals surface area contributed by atoms with Crippen molar-refractivity contribution in [2.24, 2.45) is 0 Å². The Balaban J connectivity index is 0.00000110. The summed E-state index contributed by atoms with van der Waals surface area (Å²) in [5.41, 5.74) is 0. The summed E-state index contributed by atoms with van der Waals surface area (Å²) < 4.78 is 0. The number of rotatable bonds is 0. The molecule has 0 amide bonds. The van der Waals surface area contributed by atoms with E-state index in [-0.39, 0.29) is 13.1 Å². The van der Waals surface area contributed by atoms with Gasteiger partial charge in [-0.3, -0.25) is 0 Å². The van der Waals surface area contributed by atoms with Gasteiger partial charge in [0.1, 0.15) is 0 Å². The van der Waals surface area contributed by atoms with Crippen molar-refractivity contribution in [2.75, 3.05) is 52.4 Å². The van der Waals surface area contributed by atoms with E-state index in [1.54, 1.807) is 0 Å². The van der Waals surface area contributed by atoms with E-state index >= 15 is 0 Å². The normalized spacial score (nSPS) is 27.6. The second kappa shape index (κ2) is 16.3. The predicted octanol–water partition coefficient (Wildman–Crippen LogP) is 0.102. The van der Waals surface area contributed by atoms with Crippen molar-refractivity contribution in [3.63, 3.8) is 0 Å². The number of halogens is 2. The predicted molar refractivity (Wildman–Crippen MR) is 85.2 cm³/mol. The molecule has 5 N–H and O–H groups in total. The van der Waals surface area contributed by atoms with E-state index in [2.05, 4.69) is 40.4 Å². The van der Waals surface area contributed by atoms with Gasteiger partial charge in [0.25, 0.3) is 0 Å². The van der Waals surface area contributed by atoms with Gasteiger partial charge in [-0.15, -0.1) is 0 Å². The van der Waals surface area contributed by atoms with Crippen LogP contribution in [0.25, 0.3) is 0 Å². The Bertz CT molecular complexity index is 185. The first kappa shape index (κ1) is 20.9. The molecule has 0 spiro atoms. The van der Waals surface area contributed by atoms with Crippen LogP contribution < -0.4 is 26.6 Å². The second-order valence-corrected chi connectivity index (χ2v) is 6.74.